The molecule has 0 radical (unpaired) electrons. The average molecular weight is 313 g/mol. The average Bonchev–Trinajstić information content (AvgIpc) is 2.32. The maximum absolute atomic E-state index is 11.8. The van der Waals surface area contributed by atoms with E-state index in [0.29, 0.717) is 13.1 Å². The van der Waals surface area contributed by atoms with Crippen LogP contribution >= 0.6 is 15.9 Å². The first kappa shape index (κ1) is 13.4. The van der Waals surface area contributed by atoms with Gasteiger partial charge in [-0.3, -0.25) is 4.79 Å². The zero-order valence-corrected chi connectivity index (χ0v) is 12.1. The SMILES string of the molecule is CC(O)c1ccc(Br)cc1N1CCN(C)C(=O)C1. The van der Waals surface area contributed by atoms with Gasteiger partial charge in [-0.25, -0.2) is 0 Å². The van der Waals surface area contributed by atoms with Crippen LogP contribution < -0.4 is 4.90 Å². The van der Waals surface area contributed by atoms with Gasteiger partial charge in [-0.2, -0.15) is 0 Å². The van der Waals surface area contributed by atoms with Crippen molar-refractivity contribution in [2.45, 2.75) is 13.0 Å². The molecule has 1 fully saturated rings. The quantitative estimate of drug-likeness (QED) is 0.905. The minimum absolute atomic E-state index is 0.109. The van der Waals surface area contributed by atoms with Gasteiger partial charge in [-0.15, -0.1) is 0 Å². The fraction of sp³-hybridized carbons (Fsp3) is 0.462. The van der Waals surface area contributed by atoms with E-state index in [9.17, 15) is 9.90 Å². The molecule has 1 unspecified atom stereocenters. The van der Waals surface area contributed by atoms with Gasteiger partial charge in [-0.1, -0.05) is 22.0 Å². The third-order valence-electron chi connectivity index (χ3n) is 3.24. The van der Waals surface area contributed by atoms with Crippen LogP contribution in [0.4, 0.5) is 5.69 Å². The first-order chi connectivity index (χ1) is 8.49. The third kappa shape index (κ3) is 2.67. The molecule has 1 heterocycles. The molecule has 1 N–H and O–H groups in total. The second-order valence-electron chi connectivity index (χ2n) is 4.62. The molecule has 1 amide bonds. The summed E-state index contributed by atoms with van der Waals surface area (Å²) in [5.41, 5.74) is 1.79. The highest BCUT2D eigenvalue weighted by Crippen LogP contribution is 2.30. The summed E-state index contributed by atoms with van der Waals surface area (Å²) in [4.78, 5) is 15.5. The number of halogens is 1. The number of aliphatic hydroxyl groups excluding tert-OH is 1. The monoisotopic (exact) mass is 312 g/mol. The largest absolute Gasteiger partial charge is 0.389 e. The minimum Gasteiger partial charge on any atom is -0.389 e. The molecule has 1 atom stereocenters. The van der Waals surface area contributed by atoms with Crippen molar-refractivity contribution in [2.75, 3.05) is 31.6 Å². The molecule has 1 saturated heterocycles. The normalized spacial score (nSPS) is 18.1. The highest BCUT2D eigenvalue weighted by atomic mass is 79.9. The lowest BCUT2D eigenvalue weighted by Gasteiger charge is -2.35. The van der Waals surface area contributed by atoms with Crippen LogP contribution in [-0.4, -0.2) is 42.6 Å². The van der Waals surface area contributed by atoms with E-state index in [1.54, 1.807) is 11.8 Å². The maximum Gasteiger partial charge on any atom is 0.241 e. The number of hydrogen-bond acceptors (Lipinski definition) is 3. The fourth-order valence-electron chi connectivity index (χ4n) is 2.11. The molecule has 1 aliphatic heterocycles. The number of hydrogen-bond donors (Lipinski definition) is 1. The van der Waals surface area contributed by atoms with Crippen molar-refractivity contribution in [3.63, 3.8) is 0 Å². The Labute approximate surface area is 115 Å². The van der Waals surface area contributed by atoms with E-state index in [-0.39, 0.29) is 5.91 Å². The molecule has 0 saturated carbocycles. The number of carbonyl (C=O) groups is 1. The summed E-state index contributed by atoms with van der Waals surface area (Å²) in [6.07, 6.45) is -0.539. The van der Waals surface area contributed by atoms with Crippen LogP contribution in [-0.2, 0) is 4.79 Å². The number of rotatable bonds is 2. The molecule has 0 aromatic heterocycles. The molecule has 5 heteroatoms. The topological polar surface area (TPSA) is 43.8 Å². The standard InChI is InChI=1S/C13H17BrN2O2/c1-9(17)11-4-3-10(14)7-12(11)16-6-5-15(2)13(18)8-16/h3-4,7,9,17H,5-6,8H2,1-2H3. The summed E-state index contributed by atoms with van der Waals surface area (Å²) in [5, 5.41) is 9.81. The van der Waals surface area contributed by atoms with Crippen molar-refractivity contribution in [1.29, 1.82) is 0 Å². The molecule has 98 valence electrons. The zero-order chi connectivity index (χ0) is 13.3. The van der Waals surface area contributed by atoms with Gasteiger partial charge in [0.1, 0.15) is 0 Å². The Morgan fingerprint density at radius 1 is 1.39 bits per heavy atom. The van der Waals surface area contributed by atoms with Crippen LogP contribution in [0.15, 0.2) is 22.7 Å². The molecule has 4 nitrogen and oxygen atoms in total. The number of likely N-dealkylation sites (N-methyl/N-ethyl adjacent to an activating group) is 1. The van der Waals surface area contributed by atoms with E-state index >= 15 is 0 Å². The summed E-state index contributed by atoms with van der Waals surface area (Å²) >= 11 is 3.44. The smallest absolute Gasteiger partial charge is 0.241 e. The lowest BCUT2D eigenvalue weighted by molar-refractivity contribution is -0.129. The van der Waals surface area contributed by atoms with Gasteiger partial charge in [0.15, 0.2) is 0 Å². The Morgan fingerprint density at radius 2 is 2.11 bits per heavy atom. The van der Waals surface area contributed by atoms with E-state index in [0.717, 1.165) is 22.3 Å². The van der Waals surface area contributed by atoms with Crippen molar-refractivity contribution in [3.05, 3.63) is 28.2 Å². The molecule has 1 aromatic carbocycles. The van der Waals surface area contributed by atoms with E-state index < -0.39 is 6.10 Å². The second kappa shape index (κ2) is 5.28. The maximum atomic E-state index is 11.8. The summed E-state index contributed by atoms with van der Waals surface area (Å²) in [5.74, 6) is 0.109. The number of carbonyl (C=O) groups excluding carboxylic acids is 1. The number of nitrogens with zero attached hydrogens (tertiary/aromatic N) is 2. The van der Waals surface area contributed by atoms with Crippen molar-refractivity contribution in [1.82, 2.24) is 4.90 Å². The Morgan fingerprint density at radius 3 is 2.72 bits per heavy atom. The molecule has 1 aliphatic rings. The Kier molecular flexibility index (Phi) is 3.92. The van der Waals surface area contributed by atoms with Gasteiger partial charge in [-0.05, 0) is 19.1 Å². The van der Waals surface area contributed by atoms with Gasteiger partial charge < -0.3 is 14.9 Å². The van der Waals surface area contributed by atoms with E-state index in [2.05, 4.69) is 15.9 Å². The van der Waals surface area contributed by atoms with Gasteiger partial charge in [0.05, 0.1) is 12.6 Å². The van der Waals surface area contributed by atoms with Crippen LogP contribution in [0.2, 0.25) is 0 Å². The number of amides is 1. The molecule has 1 aromatic rings. The molecule has 2 rings (SSSR count). The lowest BCUT2D eigenvalue weighted by atomic mass is 10.1. The summed E-state index contributed by atoms with van der Waals surface area (Å²) in [6, 6.07) is 5.76. The first-order valence-electron chi connectivity index (χ1n) is 5.95. The third-order valence-corrected chi connectivity index (χ3v) is 3.73. The van der Waals surface area contributed by atoms with Gasteiger partial charge >= 0.3 is 0 Å². The zero-order valence-electron chi connectivity index (χ0n) is 10.6. The number of anilines is 1. The molecule has 0 spiro atoms. The predicted molar refractivity (Wildman–Crippen MR) is 74.6 cm³/mol. The van der Waals surface area contributed by atoms with Crippen molar-refractivity contribution in [3.8, 4) is 0 Å². The van der Waals surface area contributed by atoms with Crippen LogP contribution in [0, 0.1) is 0 Å². The highest BCUT2D eigenvalue weighted by Gasteiger charge is 2.23. The van der Waals surface area contributed by atoms with E-state index in [1.807, 2.05) is 30.1 Å². The van der Waals surface area contributed by atoms with E-state index in [4.69, 9.17) is 0 Å². The van der Waals surface area contributed by atoms with Crippen LogP contribution in [0.3, 0.4) is 0 Å². The molecular weight excluding hydrogens is 296 g/mol. The minimum atomic E-state index is -0.539. The molecular formula is C13H17BrN2O2. The van der Waals surface area contributed by atoms with Crippen LogP contribution in [0.1, 0.15) is 18.6 Å². The second-order valence-corrected chi connectivity index (χ2v) is 5.53. The number of aliphatic hydroxyl groups is 1. The highest BCUT2D eigenvalue weighted by molar-refractivity contribution is 9.10. The van der Waals surface area contributed by atoms with Gasteiger partial charge in [0, 0.05) is 35.9 Å². The van der Waals surface area contributed by atoms with Crippen LogP contribution in [0.5, 0.6) is 0 Å². The number of benzene rings is 1. The molecule has 18 heavy (non-hydrogen) atoms. The molecule has 0 bridgehead atoms. The summed E-state index contributed by atoms with van der Waals surface area (Å²) in [6.45, 7) is 3.61. The summed E-state index contributed by atoms with van der Waals surface area (Å²) < 4.78 is 0.952. The van der Waals surface area contributed by atoms with Crippen molar-refractivity contribution in [2.24, 2.45) is 0 Å². The van der Waals surface area contributed by atoms with Crippen LogP contribution in [0.25, 0.3) is 0 Å². The van der Waals surface area contributed by atoms with Crippen molar-refractivity contribution >= 4 is 27.5 Å². The van der Waals surface area contributed by atoms with E-state index in [1.165, 1.54) is 0 Å². The molecule has 0 aliphatic carbocycles. The van der Waals surface area contributed by atoms with Crippen molar-refractivity contribution < 1.29 is 9.90 Å². The van der Waals surface area contributed by atoms with Gasteiger partial charge in [0.2, 0.25) is 5.91 Å². The summed E-state index contributed by atoms with van der Waals surface area (Å²) in [7, 11) is 1.82. The predicted octanol–water partition coefficient (Wildman–Crippen LogP) is 1.78. The Balaban J connectivity index is 2.32. The number of piperazine rings is 1. The van der Waals surface area contributed by atoms with Gasteiger partial charge in [0.25, 0.3) is 0 Å². The fourth-order valence-corrected chi connectivity index (χ4v) is 2.46. The first-order valence-corrected chi connectivity index (χ1v) is 6.75. The Bertz CT molecular complexity index is 462. The Hall–Kier alpha value is -1.07. The lowest BCUT2D eigenvalue weighted by Crippen LogP contribution is -2.48.